The van der Waals surface area contributed by atoms with Crippen LogP contribution < -0.4 is 0 Å². The first-order chi connectivity index (χ1) is 11.3. The van der Waals surface area contributed by atoms with E-state index in [1.165, 1.54) is 44.9 Å². The zero-order chi connectivity index (χ0) is 18.4. The minimum Gasteiger partial charge on any atom is -0.462 e. The van der Waals surface area contributed by atoms with Crippen molar-refractivity contribution in [2.45, 2.75) is 98.0 Å². The summed E-state index contributed by atoms with van der Waals surface area (Å²) in [6.07, 6.45) is 11.0. The van der Waals surface area contributed by atoms with Crippen LogP contribution in [0.25, 0.3) is 0 Å². The fourth-order valence-corrected chi connectivity index (χ4v) is 3.12. The highest BCUT2D eigenvalue weighted by Gasteiger charge is 2.29. The molecular formula is C21H40O3. The summed E-state index contributed by atoms with van der Waals surface area (Å²) in [7, 11) is 0. The van der Waals surface area contributed by atoms with Crippen LogP contribution in [0.1, 0.15) is 92.4 Å². The SMILES string of the molecule is C=C(C)C(=O)OCCCC(CCCCCCCC)C(C)(C)OCC. The van der Waals surface area contributed by atoms with Crippen molar-refractivity contribution in [2.75, 3.05) is 13.2 Å². The molecule has 0 radical (unpaired) electrons. The largest absolute Gasteiger partial charge is 0.462 e. The van der Waals surface area contributed by atoms with Gasteiger partial charge in [0.05, 0.1) is 12.2 Å². The van der Waals surface area contributed by atoms with E-state index in [1.807, 2.05) is 0 Å². The molecule has 0 saturated heterocycles. The van der Waals surface area contributed by atoms with Gasteiger partial charge in [-0.15, -0.1) is 0 Å². The first kappa shape index (κ1) is 23.2. The van der Waals surface area contributed by atoms with Gasteiger partial charge in [-0.05, 0) is 52.9 Å². The second-order valence-electron chi connectivity index (χ2n) is 7.35. The fraction of sp³-hybridized carbons (Fsp3) is 0.857. The molecule has 0 rings (SSSR count). The molecule has 0 heterocycles. The van der Waals surface area contributed by atoms with Crippen molar-refractivity contribution in [1.82, 2.24) is 0 Å². The molecule has 0 aliphatic heterocycles. The molecule has 0 N–H and O–H groups in total. The van der Waals surface area contributed by atoms with Gasteiger partial charge in [-0.1, -0.05) is 52.0 Å². The van der Waals surface area contributed by atoms with Crippen molar-refractivity contribution in [1.29, 1.82) is 0 Å². The van der Waals surface area contributed by atoms with Crippen LogP contribution in [0.3, 0.4) is 0 Å². The number of hydrogen-bond donors (Lipinski definition) is 0. The summed E-state index contributed by atoms with van der Waals surface area (Å²) >= 11 is 0. The Hall–Kier alpha value is -0.830. The molecular weight excluding hydrogens is 300 g/mol. The lowest BCUT2D eigenvalue weighted by atomic mass is 9.82. The summed E-state index contributed by atoms with van der Waals surface area (Å²) in [5.74, 6) is 0.221. The van der Waals surface area contributed by atoms with E-state index in [4.69, 9.17) is 9.47 Å². The average molecular weight is 341 g/mol. The molecule has 3 heteroatoms. The zero-order valence-electron chi connectivity index (χ0n) is 16.8. The Morgan fingerprint density at radius 3 is 2.17 bits per heavy atom. The highest BCUT2D eigenvalue weighted by atomic mass is 16.5. The summed E-state index contributed by atoms with van der Waals surface area (Å²) in [6.45, 7) is 15.2. The third-order valence-corrected chi connectivity index (χ3v) is 4.68. The van der Waals surface area contributed by atoms with Gasteiger partial charge in [0.1, 0.15) is 0 Å². The van der Waals surface area contributed by atoms with Crippen LogP contribution in [0.4, 0.5) is 0 Å². The van der Waals surface area contributed by atoms with Gasteiger partial charge < -0.3 is 9.47 Å². The molecule has 1 atom stereocenters. The lowest BCUT2D eigenvalue weighted by Crippen LogP contribution is -2.35. The van der Waals surface area contributed by atoms with Crippen LogP contribution in [0, 0.1) is 5.92 Å². The summed E-state index contributed by atoms with van der Waals surface area (Å²) in [5, 5.41) is 0. The van der Waals surface area contributed by atoms with E-state index in [9.17, 15) is 4.79 Å². The van der Waals surface area contributed by atoms with Crippen LogP contribution in [0.15, 0.2) is 12.2 Å². The summed E-state index contributed by atoms with van der Waals surface area (Å²) in [4.78, 5) is 11.4. The van der Waals surface area contributed by atoms with Crippen LogP contribution in [0.2, 0.25) is 0 Å². The molecule has 0 aliphatic carbocycles. The zero-order valence-corrected chi connectivity index (χ0v) is 16.8. The summed E-state index contributed by atoms with van der Waals surface area (Å²) < 4.78 is 11.2. The number of hydrogen-bond acceptors (Lipinski definition) is 3. The van der Waals surface area contributed by atoms with Crippen molar-refractivity contribution in [3.63, 3.8) is 0 Å². The van der Waals surface area contributed by atoms with Crippen molar-refractivity contribution >= 4 is 5.97 Å². The second-order valence-corrected chi connectivity index (χ2v) is 7.35. The molecule has 0 bridgehead atoms. The number of carbonyl (C=O) groups excluding carboxylic acids is 1. The van der Waals surface area contributed by atoms with Gasteiger partial charge in [0.25, 0.3) is 0 Å². The Morgan fingerprint density at radius 2 is 1.58 bits per heavy atom. The average Bonchev–Trinajstić information content (AvgIpc) is 2.51. The minimum absolute atomic E-state index is 0.115. The third kappa shape index (κ3) is 10.9. The second kappa shape index (κ2) is 13.5. The van der Waals surface area contributed by atoms with Gasteiger partial charge in [0, 0.05) is 12.2 Å². The maximum atomic E-state index is 11.4. The maximum Gasteiger partial charge on any atom is 0.333 e. The Labute approximate surface area is 150 Å². The smallest absolute Gasteiger partial charge is 0.333 e. The standard InChI is InChI=1S/C21H40O3/c1-7-9-10-11-12-13-15-19(21(5,6)24-8-2)16-14-17-23-20(22)18(3)4/h19H,3,7-17H2,1-2,4-6H3. The Bertz CT molecular complexity index is 347. The highest BCUT2D eigenvalue weighted by Crippen LogP contribution is 2.30. The number of ether oxygens (including phenoxy) is 2. The molecule has 0 aliphatic rings. The van der Waals surface area contributed by atoms with Crippen molar-refractivity contribution in [2.24, 2.45) is 5.92 Å². The number of carbonyl (C=O) groups is 1. The van der Waals surface area contributed by atoms with Gasteiger partial charge in [-0.3, -0.25) is 0 Å². The molecule has 3 nitrogen and oxygen atoms in total. The van der Waals surface area contributed by atoms with Crippen LogP contribution in [0.5, 0.6) is 0 Å². The van der Waals surface area contributed by atoms with Gasteiger partial charge in [-0.25, -0.2) is 4.79 Å². The van der Waals surface area contributed by atoms with Gasteiger partial charge in [0.15, 0.2) is 0 Å². The predicted octanol–water partition coefficient (Wildman–Crippen LogP) is 6.07. The normalized spacial score (nSPS) is 12.9. The van der Waals surface area contributed by atoms with Crippen molar-refractivity contribution in [3.8, 4) is 0 Å². The predicted molar refractivity (Wildman–Crippen MR) is 102 cm³/mol. The van der Waals surface area contributed by atoms with Crippen LogP contribution in [-0.4, -0.2) is 24.8 Å². The van der Waals surface area contributed by atoms with E-state index in [0.717, 1.165) is 19.4 Å². The summed E-state index contributed by atoms with van der Waals surface area (Å²) in [6, 6.07) is 0. The maximum absolute atomic E-state index is 11.4. The van der Waals surface area contributed by atoms with Crippen molar-refractivity contribution in [3.05, 3.63) is 12.2 Å². The lowest BCUT2D eigenvalue weighted by Gasteiger charge is -2.34. The van der Waals surface area contributed by atoms with Gasteiger partial charge >= 0.3 is 5.97 Å². The van der Waals surface area contributed by atoms with Crippen LogP contribution >= 0.6 is 0 Å². The Morgan fingerprint density at radius 1 is 1.00 bits per heavy atom. The summed E-state index contributed by atoms with van der Waals surface area (Å²) in [5.41, 5.74) is 0.351. The topological polar surface area (TPSA) is 35.5 Å². The van der Waals surface area contributed by atoms with Crippen LogP contribution in [-0.2, 0) is 14.3 Å². The molecule has 0 amide bonds. The van der Waals surface area contributed by atoms with E-state index in [2.05, 4.69) is 34.3 Å². The highest BCUT2D eigenvalue weighted by molar-refractivity contribution is 5.86. The molecule has 0 spiro atoms. The number of unbranched alkanes of at least 4 members (excludes halogenated alkanes) is 5. The molecule has 24 heavy (non-hydrogen) atoms. The molecule has 142 valence electrons. The third-order valence-electron chi connectivity index (χ3n) is 4.68. The van der Waals surface area contributed by atoms with E-state index in [-0.39, 0.29) is 11.6 Å². The lowest BCUT2D eigenvalue weighted by molar-refractivity contribution is -0.139. The minimum atomic E-state index is -0.286. The number of esters is 1. The first-order valence-electron chi connectivity index (χ1n) is 9.81. The molecule has 0 fully saturated rings. The van der Waals surface area contributed by atoms with E-state index >= 15 is 0 Å². The van der Waals surface area contributed by atoms with E-state index in [1.54, 1.807) is 6.92 Å². The molecule has 0 aromatic rings. The Balaban J connectivity index is 4.24. The molecule has 0 saturated carbocycles. The van der Waals surface area contributed by atoms with Crippen molar-refractivity contribution < 1.29 is 14.3 Å². The van der Waals surface area contributed by atoms with Gasteiger partial charge in [0.2, 0.25) is 0 Å². The molecule has 0 aromatic carbocycles. The number of rotatable bonds is 15. The monoisotopic (exact) mass is 340 g/mol. The van der Waals surface area contributed by atoms with E-state index in [0.29, 0.717) is 18.1 Å². The van der Waals surface area contributed by atoms with Gasteiger partial charge in [-0.2, -0.15) is 0 Å². The quantitative estimate of drug-likeness (QED) is 0.206. The Kier molecular flexibility index (Phi) is 13.0. The fourth-order valence-electron chi connectivity index (χ4n) is 3.12. The van der Waals surface area contributed by atoms with E-state index < -0.39 is 0 Å². The molecule has 0 aromatic heterocycles. The molecule has 1 unspecified atom stereocenters. The first-order valence-corrected chi connectivity index (χ1v) is 9.81.